The molecule has 1 aliphatic carbocycles. The van der Waals surface area contributed by atoms with Crippen LogP contribution in [0.1, 0.15) is 55.5 Å². The summed E-state index contributed by atoms with van der Waals surface area (Å²) in [6.45, 7) is 3.78. The number of nitriles is 1. The molecular weight excluding hydrogens is 238 g/mol. The lowest BCUT2D eigenvalue weighted by Crippen LogP contribution is -2.23. The van der Waals surface area contributed by atoms with Crippen LogP contribution in [-0.4, -0.2) is 11.9 Å². The molecule has 1 aromatic carbocycles. The Kier molecular flexibility index (Phi) is 4.21. The molecule has 0 unspecified atom stereocenters. The van der Waals surface area contributed by atoms with Gasteiger partial charge in [-0.2, -0.15) is 5.26 Å². The van der Waals surface area contributed by atoms with Gasteiger partial charge in [0.25, 0.3) is 0 Å². The Labute approximate surface area is 114 Å². The summed E-state index contributed by atoms with van der Waals surface area (Å²) in [7, 11) is 0. The van der Waals surface area contributed by atoms with Crippen molar-refractivity contribution in [1.29, 1.82) is 5.26 Å². The van der Waals surface area contributed by atoms with Crippen LogP contribution < -0.4 is 4.74 Å². The lowest BCUT2D eigenvalue weighted by Gasteiger charge is -2.27. The number of rotatable bonds is 3. The van der Waals surface area contributed by atoms with Gasteiger partial charge in [0.05, 0.1) is 23.3 Å². The van der Waals surface area contributed by atoms with Gasteiger partial charge in [0.2, 0.25) is 0 Å². The van der Waals surface area contributed by atoms with Crippen molar-refractivity contribution in [3.05, 3.63) is 29.3 Å². The van der Waals surface area contributed by atoms with Gasteiger partial charge in [0.1, 0.15) is 5.75 Å². The smallest absolute Gasteiger partial charge is 0.163 e. The molecule has 0 N–H and O–H groups in total. The van der Waals surface area contributed by atoms with E-state index in [-0.39, 0.29) is 11.9 Å². The normalized spacial score (nSPS) is 22.6. The van der Waals surface area contributed by atoms with Crippen LogP contribution in [0.3, 0.4) is 0 Å². The first-order chi connectivity index (χ1) is 9.10. The van der Waals surface area contributed by atoms with Crippen LogP contribution in [0.5, 0.6) is 5.75 Å². The molecule has 2 rings (SSSR count). The third-order valence-corrected chi connectivity index (χ3v) is 3.75. The second-order valence-corrected chi connectivity index (χ2v) is 5.38. The first kappa shape index (κ1) is 13.6. The number of Topliss-reactive ketones (excluding diaryl/α,β-unsaturated/α-hetero) is 1. The Morgan fingerprint density at radius 1 is 1.32 bits per heavy atom. The number of nitrogens with zero attached hydrogens (tertiary/aromatic N) is 1. The largest absolute Gasteiger partial charge is 0.490 e. The first-order valence-corrected chi connectivity index (χ1v) is 6.82. The zero-order chi connectivity index (χ0) is 13.8. The van der Waals surface area contributed by atoms with Crippen LogP contribution in [0.25, 0.3) is 0 Å². The van der Waals surface area contributed by atoms with Crippen molar-refractivity contribution in [2.75, 3.05) is 0 Å². The van der Waals surface area contributed by atoms with Gasteiger partial charge in [-0.05, 0) is 56.7 Å². The van der Waals surface area contributed by atoms with Crippen LogP contribution in [-0.2, 0) is 0 Å². The molecule has 19 heavy (non-hydrogen) atoms. The van der Waals surface area contributed by atoms with E-state index in [1.54, 1.807) is 18.2 Å². The van der Waals surface area contributed by atoms with Gasteiger partial charge in [-0.1, -0.05) is 6.92 Å². The summed E-state index contributed by atoms with van der Waals surface area (Å²) in [5, 5.41) is 8.94. The number of hydrogen-bond donors (Lipinski definition) is 0. The van der Waals surface area contributed by atoms with Crippen LogP contribution in [0.4, 0.5) is 0 Å². The Bertz CT molecular complexity index is 508. The van der Waals surface area contributed by atoms with Crippen molar-refractivity contribution >= 4 is 5.78 Å². The van der Waals surface area contributed by atoms with E-state index in [2.05, 4.69) is 13.0 Å². The predicted molar refractivity (Wildman–Crippen MR) is 73.2 cm³/mol. The summed E-state index contributed by atoms with van der Waals surface area (Å²) in [5.41, 5.74) is 1.10. The molecule has 3 nitrogen and oxygen atoms in total. The number of carbonyl (C=O) groups is 1. The maximum Gasteiger partial charge on any atom is 0.163 e. The number of benzene rings is 1. The van der Waals surface area contributed by atoms with E-state index in [4.69, 9.17) is 10.00 Å². The Morgan fingerprint density at radius 3 is 2.58 bits per heavy atom. The number of hydrogen-bond acceptors (Lipinski definition) is 3. The average molecular weight is 257 g/mol. The zero-order valence-corrected chi connectivity index (χ0v) is 11.5. The fraction of sp³-hybridized carbons (Fsp3) is 0.500. The Morgan fingerprint density at radius 2 is 2.00 bits per heavy atom. The highest BCUT2D eigenvalue weighted by atomic mass is 16.5. The SMILES string of the molecule is CC(=O)c1ccc(C#N)cc1OC1CCC(C)CC1. The fourth-order valence-electron chi connectivity index (χ4n) is 2.51. The van der Waals surface area contributed by atoms with Gasteiger partial charge in [0.15, 0.2) is 5.78 Å². The average Bonchev–Trinajstić information content (AvgIpc) is 2.41. The van der Waals surface area contributed by atoms with Crippen molar-refractivity contribution < 1.29 is 9.53 Å². The predicted octanol–water partition coefficient (Wildman–Crippen LogP) is 3.72. The van der Waals surface area contributed by atoms with Crippen molar-refractivity contribution in [2.24, 2.45) is 5.92 Å². The molecule has 0 spiro atoms. The summed E-state index contributed by atoms with van der Waals surface area (Å²) in [6.07, 6.45) is 4.55. The molecule has 0 bridgehead atoms. The summed E-state index contributed by atoms with van der Waals surface area (Å²) < 4.78 is 5.97. The summed E-state index contributed by atoms with van der Waals surface area (Å²) >= 11 is 0. The number of carbonyl (C=O) groups excluding carboxylic acids is 1. The van der Waals surface area contributed by atoms with E-state index in [9.17, 15) is 4.79 Å². The first-order valence-electron chi connectivity index (χ1n) is 6.82. The van der Waals surface area contributed by atoms with Crippen LogP contribution >= 0.6 is 0 Å². The maximum absolute atomic E-state index is 11.6. The van der Waals surface area contributed by atoms with Crippen LogP contribution in [0, 0.1) is 17.2 Å². The van der Waals surface area contributed by atoms with Gasteiger partial charge in [-0.15, -0.1) is 0 Å². The number of ketones is 1. The summed E-state index contributed by atoms with van der Waals surface area (Å²) in [6, 6.07) is 7.10. The fourth-order valence-corrected chi connectivity index (χ4v) is 2.51. The maximum atomic E-state index is 11.6. The molecule has 1 fully saturated rings. The third kappa shape index (κ3) is 3.35. The highest BCUT2D eigenvalue weighted by Crippen LogP contribution is 2.29. The second-order valence-electron chi connectivity index (χ2n) is 5.38. The molecule has 0 heterocycles. The molecule has 0 radical (unpaired) electrons. The summed E-state index contributed by atoms with van der Waals surface area (Å²) in [5.74, 6) is 1.30. The van der Waals surface area contributed by atoms with Crippen molar-refractivity contribution in [2.45, 2.75) is 45.6 Å². The topological polar surface area (TPSA) is 50.1 Å². The molecule has 0 amide bonds. The van der Waals surface area contributed by atoms with Gasteiger partial charge in [0, 0.05) is 0 Å². The Hall–Kier alpha value is -1.82. The molecule has 1 aromatic rings. The molecule has 0 aliphatic heterocycles. The molecule has 3 heteroatoms. The van der Waals surface area contributed by atoms with Crippen molar-refractivity contribution in [3.63, 3.8) is 0 Å². The van der Waals surface area contributed by atoms with Crippen LogP contribution in [0.15, 0.2) is 18.2 Å². The molecule has 100 valence electrons. The second kappa shape index (κ2) is 5.88. The minimum Gasteiger partial charge on any atom is -0.490 e. The van der Waals surface area contributed by atoms with Gasteiger partial charge < -0.3 is 4.74 Å². The van der Waals surface area contributed by atoms with E-state index in [0.29, 0.717) is 16.9 Å². The highest BCUT2D eigenvalue weighted by molar-refractivity contribution is 5.97. The molecule has 0 atom stereocenters. The molecule has 0 saturated heterocycles. The molecule has 1 saturated carbocycles. The summed E-state index contributed by atoms with van der Waals surface area (Å²) in [4.78, 5) is 11.6. The van der Waals surface area contributed by atoms with Gasteiger partial charge >= 0.3 is 0 Å². The third-order valence-electron chi connectivity index (χ3n) is 3.75. The van der Waals surface area contributed by atoms with E-state index in [0.717, 1.165) is 31.6 Å². The highest BCUT2D eigenvalue weighted by Gasteiger charge is 2.21. The lowest BCUT2D eigenvalue weighted by atomic mass is 9.89. The standard InChI is InChI=1S/C16H19NO2/c1-11-3-6-14(7-4-11)19-16-9-13(10-17)5-8-15(16)12(2)18/h5,8-9,11,14H,3-4,6-7H2,1-2H3. The van der Waals surface area contributed by atoms with E-state index < -0.39 is 0 Å². The molecule has 0 aromatic heterocycles. The van der Waals surface area contributed by atoms with Gasteiger partial charge in [-0.25, -0.2) is 0 Å². The molecular formula is C16H19NO2. The van der Waals surface area contributed by atoms with E-state index in [1.165, 1.54) is 6.92 Å². The van der Waals surface area contributed by atoms with Gasteiger partial charge in [-0.3, -0.25) is 4.79 Å². The number of ether oxygens (including phenoxy) is 1. The molecule has 1 aliphatic rings. The van der Waals surface area contributed by atoms with Crippen LogP contribution in [0.2, 0.25) is 0 Å². The monoisotopic (exact) mass is 257 g/mol. The minimum atomic E-state index is -0.0244. The van der Waals surface area contributed by atoms with E-state index >= 15 is 0 Å². The van der Waals surface area contributed by atoms with Crippen molar-refractivity contribution in [3.8, 4) is 11.8 Å². The Balaban J connectivity index is 2.18. The zero-order valence-electron chi connectivity index (χ0n) is 11.5. The van der Waals surface area contributed by atoms with E-state index in [1.807, 2.05) is 0 Å². The van der Waals surface area contributed by atoms with Crippen molar-refractivity contribution in [1.82, 2.24) is 0 Å². The minimum absolute atomic E-state index is 0.0244. The quantitative estimate of drug-likeness (QED) is 0.775. The lowest BCUT2D eigenvalue weighted by molar-refractivity contribution is 0.0996.